The number of nitrogens with two attached hydrogens (primary N) is 1. The van der Waals surface area contributed by atoms with E-state index in [2.05, 4.69) is 20.3 Å². The zero-order chi connectivity index (χ0) is 27.7. The Balaban J connectivity index is 1.19. The molecule has 0 radical (unpaired) electrons. The van der Waals surface area contributed by atoms with Gasteiger partial charge < -0.3 is 16.0 Å². The van der Waals surface area contributed by atoms with Crippen LogP contribution in [0.3, 0.4) is 0 Å². The first-order valence-corrected chi connectivity index (χ1v) is 14.3. The monoisotopic (exact) mass is 553 g/mol. The summed E-state index contributed by atoms with van der Waals surface area (Å²) in [6, 6.07) is 20.7. The fourth-order valence-corrected chi connectivity index (χ4v) is 6.26. The zero-order valence-corrected chi connectivity index (χ0v) is 22.3. The minimum atomic E-state index is -3.77. The molecule has 40 heavy (non-hydrogen) atoms. The predicted octanol–water partition coefficient (Wildman–Crippen LogP) is 4.03. The topological polar surface area (TPSA) is 136 Å². The Morgan fingerprint density at radius 1 is 0.975 bits per heavy atom. The number of nitrogens with zero attached hydrogens (tertiary/aromatic N) is 5. The third-order valence-electron chi connectivity index (χ3n) is 6.97. The maximum Gasteiger partial charge on any atom is 0.269 e. The number of aromatic nitrogens is 4. The van der Waals surface area contributed by atoms with Gasteiger partial charge in [-0.2, -0.15) is 0 Å². The van der Waals surface area contributed by atoms with Crippen LogP contribution in [0, 0.1) is 0 Å². The summed E-state index contributed by atoms with van der Waals surface area (Å²) in [5, 5.41) is 4.12. The van der Waals surface area contributed by atoms with Crippen LogP contribution in [0.5, 0.6) is 0 Å². The smallest absolute Gasteiger partial charge is 0.269 e. The molecule has 202 valence electrons. The second-order valence-electron chi connectivity index (χ2n) is 9.71. The maximum atomic E-state index is 13.1. The van der Waals surface area contributed by atoms with Crippen LogP contribution in [0.1, 0.15) is 23.2 Å². The highest BCUT2D eigenvalue weighted by atomic mass is 32.2. The first kappa shape index (κ1) is 25.5. The molecule has 4 heterocycles. The molecule has 1 atom stereocenters. The fraction of sp³-hybridized carbons (Fsp3) is 0.172. The number of carbonyl (C=O) groups excluding carboxylic acids is 1. The molecular formula is C29H27N7O3S. The van der Waals surface area contributed by atoms with Crippen molar-refractivity contribution in [3.8, 4) is 11.3 Å². The number of piperidine rings is 1. The molecule has 1 saturated heterocycles. The zero-order valence-electron chi connectivity index (χ0n) is 21.5. The highest BCUT2D eigenvalue weighted by Crippen LogP contribution is 2.26. The summed E-state index contributed by atoms with van der Waals surface area (Å²) in [6.45, 7) is 1.25. The molecule has 3 aromatic heterocycles. The molecule has 0 bridgehead atoms. The number of nitrogen functional groups attached to an aromatic ring is 1. The fourth-order valence-electron chi connectivity index (χ4n) is 4.93. The summed E-state index contributed by atoms with van der Waals surface area (Å²) in [7, 11) is -3.77. The van der Waals surface area contributed by atoms with Gasteiger partial charge in [0.05, 0.1) is 10.6 Å². The molecule has 1 aliphatic rings. The summed E-state index contributed by atoms with van der Waals surface area (Å²) in [4.78, 5) is 28.3. The SMILES string of the molecule is Nc1ccc(C(=O)N2CCCC(Nc3cc(-c4cnc5c(ccn5S(=O)(=O)c5ccccc5)c4)ncn3)C2)cc1. The Morgan fingerprint density at radius 2 is 1.77 bits per heavy atom. The molecule has 2 aromatic carbocycles. The van der Waals surface area contributed by atoms with Crippen LogP contribution in [0.4, 0.5) is 11.5 Å². The number of carbonyl (C=O) groups is 1. The van der Waals surface area contributed by atoms with Crippen LogP contribution in [0.25, 0.3) is 22.3 Å². The van der Waals surface area contributed by atoms with E-state index in [1.54, 1.807) is 66.9 Å². The van der Waals surface area contributed by atoms with Crippen molar-refractivity contribution in [2.75, 3.05) is 24.1 Å². The van der Waals surface area contributed by atoms with Crippen molar-refractivity contribution in [2.24, 2.45) is 0 Å². The highest BCUT2D eigenvalue weighted by Gasteiger charge is 2.25. The molecular weight excluding hydrogens is 526 g/mol. The van der Waals surface area contributed by atoms with Gasteiger partial charge in [-0.1, -0.05) is 18.2 Å². The lowest BCUT2D eigenvalue weighted by Gasteiger charge is -2.33. The molecule has 0 saturated carbocycles. The average molecular weight is 554 g/mol. The standard InChI is InChI=1S/C29H27N7O3S/c30-23-10-8-20(9-11-23)29(37)35-13-4-5-24(18-35)34-27-16-26(32-19-33-27)22-15-21-12-14-36(28(21)31-17-22)40(38,39)25-6-2-1-3-7-25/h1-3,6-12,14-17,19,24H,4-5,13,18,30H2,(H,32,33,34). The number of amides is 1. The molecule has 0 aliphatic carbocycles. The van der Waals surface area contributed by atoms with Crippen molar-refractivity contribution in [3.05, 3.63) is 97.1 Å². The maximum absolute atomic E-state index is 13.1. The summed E-state index contributed by atoms with van der Waals surface area (Å²) in [6.07, 6.45) is 6.38. The largest absolute Gasteiger partial charge is 0.399 e. The second-order valence-corrected chi connectivity index (χ2v) is 11.5. The Hall–Kier alpha value is -4.77. The lowest BCUT2D eigenvalue weighted by molar-refractivity contribution is 0.0714. The summed E-state index contributed by atoms with van der Waals surface area (Å²) in [5.41, 5.74) is 8.72. The van der Waals surface area contributed by atoms with Gasteiger partial charge in [-0.3, -0.25) is 4.79 Å². The lowest BCUT2D eigenvalue weighted by Crippen LogP contribution is -2.45. The number of benzene rings is 2. The number of rotatable bonds is 6. The number of anilines is 2. The van der Waals surface area contributed by atoms with Crippen molar-refractivity contribution in [1.29, 1.82) is 0 Å². The molecule has 1 amide bonds. The molecule has 6 rings (SSSR count). The van der Waals surface area contributed by atoms with Gasteiger partial charge in [0.25, 0.3) is 15.9 Å². The van der Waals surface area contributed by atoms with E-state index >= 15 is 0 Å². The molecule has 1 unspecified atom stereocenters. The average Bonchev–Trinajstić information content (AvgIpc) is 3.42. The first-order valence-electron chi connectivity index (χ1n) is 12.9. The third-order valence-corrected chi connectivity index (χ3v) is 8.65. The first-order chi connectivity index (χ1) is 19.4. The van der Waals surface area contributed by atoms with E-state index in [1.165, 1.54) is 16.5 Å². The van der Waals surface area contributed by atoms with Crippen molar-refractivity contribution >= 4 is 38.5 Å². The normalized spacial score (nSPS) is 15.7. The Bertz CT molecular complexity index is 1790. The summed E-state index contributed by atoms with van der Waals surface area (Å²) >= 11 is 0. The minimum Gasteiger partial charge on any atom is -0.399 e. The van der Waals surface area contributed by atoms with Gasteiger partial charge in [-0.15, -0.1) is 0 Å². The highest BCUT2D eigenvalue weighted by molar-refractivity contribution is 7.90. The van der Waals surface area contributed by atoms with Crippen LogP contribution in [0.15, 0.2) is 96.4 Å². The van der Waals surface area contributed by atoms with Crippen molar-refractivity contribution in [3.63, 3.8) is 0 Å². The van der Waals surface area contributed by atoms with E-state index in [-0.39, 0.29) is 16.8 Å². The Kier molecular flexibility index (Phi) is 6.64. The van der Waals surface area contributed by atoms with Gasteiger partial charge >= 0.3 is 0 Å². The van der Waals surface area contributed by atoms with E-state index in [9.17, 15) is 13.2 Å². The van der Waals surface area contributed by atoms with E-state index in [4.69, 9.17) is 5.73 Å². The lowest BCUT2D eigenvalue weighted by atomic mass is 10.0. The van der Waals surface area contributed by atoms with E-state index in [0.717, 1.165) is 18.4 Å². The van der Waals surface area contributed by atoms with Crippen LogP contribution < -0.4 is 11.1 Å². The van der Waals surface area contributed by atoms with Crippen LogP contribution in [0.2, 0.25) is 0 Å². The minimum absolute atomic E-state index is 0.0181. The quantitative estimate of drug-likeness (QED) is 0.301. The van der Waals surface area contributed by atoms with Crippen LogP contribution in [-0.4, -0.2) is 57.3 Å². The molecule has 3 N–H and O–H groups in total. The van der Waals surface area contributed by atoms with Crippen LogP contribution >= 0.6 is 0 Å². The Labute approximate surface area is 231 Å². The third kappa shape index (κ3) is 4.98. The predicted molar refractivity (Wildman–Crippen MR) is 153 cm³/mol. The van der Waals surface area contributed by atoms with Gasteiger partial charge in [0.1, 0.15) is 12.1 Å². The number of hydrogen-bond acceptors (Lipinski definition) is 8. The number of fused-ring (bicyclic) bond motifs is 1. The van der Waals surface area contributed by atoms with Crippen LogP contribution in [-0.2, 0) is 10.0 Å². The van der Waals surface area contributed by atoms with Gasteiger partial charge in [0, 0.05) is 59.8 Å². The van der Waals surface area contributed by atoms with Gasteiger partial charge in [0.2, 0.25) is 0 Å². The van der Waals surface area contributed by atoms with Crippen molar-refractivity contribution in [2.45, 2.75) is 23.8 Å². The second kappa shape index (κ2) is 10.4. The Morgan fingerprint density at radius 3 is 2.58 bits per heavy atom. The summed E-state index contributed by atoms with van der Waals surface area (Å²) in [5.74, 6) is 0.622. The van der Waals surface area contributed by atoms with E-state index < -0.39 is 10.0 Å². The number of likely N-dealkylation sites (tertiary alicyclic amines) is 1. The van der Waals surface area contributed by atoms with Crippen molar-refractivity contribution < 1.29 is 13.2 Å². The molecule has 1 fully saturated rings. The summed E-state index contributed by atoms with van der Waals surface area (Å²) < 4.78 is 27.4. The number of pyridine rings is 1. The van der Waals surface area contributed by atoms with Gasteiger partial charge in [-0.25, -0.2) is 27.3 Å². The van der Waals surface area contributed by atoms with Gasteiger partial charge in [-0.05, 0) is 61.4 Å². The molecule has 5 aromatic rings. The number of hydrogen-bond donors (Lipinski definition) is 2. The molecule has 11 heteroatoms. The van der Waals surface area contributed by atoms with Gasteiger partial charge in [0.15, 0.2) is 5.65 Å². The van der Waals surface area contributed by atoms with E-state index in [0.29, 0.717) is 46.9 Å². The molecule has 1 aliphatic heterocycles. The number of nitrogens with one attached hydrogen (secondary N) is 1. The van der Waals surface area contributed by atoms with E-state index in [1.807, 2.05) is 17.0 Å². The molecule has 10 nitrogen and oxygen atoms in total. The molecule has 0 spiro atoms. The van der Waals surface area contributed by atoms with Crippen molar-refractivity contribution in [1.82, 2.24) is 23.8 Å².